The lowest BCUT2D eigenvalue weighted by molar-refractivity contribution is 0.0951. The van der Waals surface area contributed by atoms with Crippen LogP contribution in [0.4, 0.5) is 5.69 Å². The van der Waals surface area contributed by atoms with Gasteiger partial charge in [0.1, 0.15) is 9.77 Å². The van der Waals surface area contributed by atoms with Crippen LogP contribution in [-0.2, 0) is 16.4 Å². The summed E-state index contributed by atoms with van der Waals surface area (Å²) < 4.78 is 28.1. The topological polar surface area (TPSA) is 75.3 Å². The average Bonchev–Trinajstić information content (AvgIpc) is 3.15. The van der Waals surface area contributed by atoms with E-state index in [1.54, 1.807) is 17.5 Å². The Balaban J connectivity index is 1.46. The van der Waals surface area contributed by atoms with E-state index in [9.17, 15) is 13.2 Å². The van der Waals surface area contributed by atoms with Gasteiger partial charge in [0.2, 0.25) is 0 Å². The van der Waals surface area contributed by atoms with Gasteiger partial charge in [-0.05, 0) is 48.1 Å². The second kappa shape index (κ2) is 7.41. The van der Waals surface area contributed by atoms with Gasteiger partial charge in [0.25, 0.3) is 15.9 Å². The molecule has 0 fully saturated rings. The fourth-order valence-electron chi connectivity index (χ4n) is 3.35. The Labute approximate surface area is 168 Å². The van der Waals surface area contributed by atoms with E-state index >= 15 is 0 Å². The number of carbonyl (C=O) groups excluding carboxylic acids is 1. The molecule has 0 spiro atoms. The normalized spacial score (nSPS) is 15.4. The number of amides is 1. The minimum atomic E-state index is -3.84. The number of aryl methyl sites for hydroxylation is 1. The monoisotopic (exact) mass is 412 g/mol. The summed E-state index contributed by atoms with van der Waals surface area (Å²) in [6.45, 7) is 2.43. The Morgan fingerprint density at radius 1 is 1.11 bits per heavy atom. The minimum absolute atomic E-state index is 0.00424. The van der Waals surface area contributed by atoms with E-state index < -0.39 is 10.0 Å². The molecule has 0 saturated heterocycles. The summed E-state index contributed by atoms with van der Waals surface area (Å²) in [6, 6.07) is 16.7. The summed E-state index contributed by atoms with van der Waals surface area (Å²) in [5.41, 5.74) is 4.07. The zero-order valence-electron chi connectivity index (χ0n) is 15.3. The third-order valence-electron chi connectivity index (χ3n) is 4.90. The first-order valence-corrected chi connectivity index (χ1v) is 11.3. The van der Waals surface area contributed by atoms with Gasteiger partial charge >= 0.3 is 0 Å². The summed E-state index contributed by atoms with van der Waals surface area (Å²) in [5, 5.41) is 4.51. The molecule has 2 aromatic carbocycles. The molecule has 0 saturated carbocycles. The van der Waals surface area contributed by atoms with E-state index in [0.29, 0.717) is 12.2 Å². The summed E-state index contributed by atoms with van der Waals surface area (Å²) in [6.07, 6.45) is 0.932. The number of rotatable bonds is 6. The summed E-state index contributed by atoms with van der Waals surface area (Å²) in [5.74, 6) is -0.0745. The Kier molecular flexibility index (Phi) is 4.95. The van der Waals surface area contributed by atoms with E-state index in [1.807, 2.05) is 31.2 Å². The average molecular weight is 413 g/mol. The Morgan fingerprint density at radius 3 is 2.61 bits per heavy atom. The fraction of sp³-hybridized carbons (Fsp3) is 0.190. The smallest absolute Gasteiger partial charge is 0.263 e. The number of hydrogen-bond acceptors (Lipinski definition) is 4. The van der Waals surface area contributed by atoms with E-state index in [0.717, 1.165) is 23.3 Å². The molecule has 0 radical (unpaired) electrons. The highest BCUT2D eigenvalue weighted by atomic mass is 32.2. The molecule has 7 heteroatoms. The van der Waals surface area contributed by atoms with Gasteiger partial charge < -0.3 is 5.32 Å². The molecule has 144 valence electrons. The lowest BCUT2D eigenvalue weighted by atomic mass is 9.77. The molecule has 1 amide bonds. The van der Waals surface area contributed by atoms with Crippen molar-refractivity contribution in [1.82, 2.24) is 5.32 Å². The van der Waals surface area contributed by atoms with Crippen molar-refractivity contribution in [2.45, 2.75) is 24.2 Å². The van der Waals surface area contributed by atoms with Crippen LogP contribution in [0.3, 0.4) is 0 Å². The molecule has 1 heterocycles. The predicted octanol–water partition coefficient (Wildman–Crippen LogP) is 3.93. The summed E-state index contributed by atoms with van der Waals surface area (Å²) in [4.78, 5) is 12.8. The maximum absolute atomic E-state index is 12.8. The highest BCUT2D eigenvalue weighted by molar-refractivity contribution is 7.93. The van der Waals surface area contributed by atoms with Gasteiger partial charge in [-0.1, -0.05) is 42.0 Å². The van der Waals surface area contributed by atoms with Gasteiger partial charge in [0, 0.05) is 18.2 Å². The van der Waals surface area contributed by atoms with Crippen LogP contribution in [0.2, 0.25) is 0 Å². The van der Waals surface area contributed by atoms with Gasteiger partial charge in [-0.25, -0.2) is 8.42 Å². The number of benzene rings is 2. The third-order valence-corrected chi connectivity index (χ3v) is 7.36. The van der Waals surface area contributed by atoms with Crippen molar-refractivity contribution >= 4 is 33.0 Å². The first-order chi connectivity index (χ1) is 13.4. The standard InChI is InChI=1S/C21H20N2O3S2/c1-14-6-8-17(9-7-14)23-28(25,26)19-10-11-27-20(19)21(24)22-13-16-12-15-4-2-3-5-18(15)16/h2-11,16,23H,12-13H2,1H3,(H,22,24). The van der Waals surface area contributed by atoms with Crippen LogP contribution >= 0.6 is 11.3 Å². The van der Waals surface area contributed by atoms with Crippen LogP contribution in [0.25, 0.3) is 0 Å². The Hall–Kier alpha value is -2.64. The van der Waals surface area contributed by atoms with Crippen molar-refractivity contribution in [2.24, 2.45) is 0 Å². The molecule has 3 aromatic rings. The number of nitrogens with one attached hydrogen (secondary N) is 2. The van der Waals surface area contributed by atoms with Crippen LogP contribution in [0, 0.1) is 6.92 Å². The largest absolute Gasteiger partial charge is 0.351 e. The molecule has 4 rings (SSSR count). The van der Waals surface area contributed by atoms with E-state index in [4.69, 9.17) is 0 Å². The molecule has 1 aliphatic carbocycles. The lowest BCUT2D eigenvalue weighted by Crippen LogP contribution is -2.33. The van der Waals surface area contributed by atoms with Crippen molar-refractivity contribution in [3.05, 3.63) is 81.5 Å². The third kappa shape index (κ3) is 3.68. The number of thiophene rings is 1. The van der Waals surface area contributed by atoms with Crippen molar-refractivity contribution in [2.75, 3.05) is 11.3 Å². The molecule has 1 aromatic heterocycles. The zero-order chi connectivity index (χ0) is 19.7. The zero-order valence-corrected chi connectivity index (χ0v) is 16.9. The van der Waals surface area contributed by atoms with Crippen molar-refractivity contribution < 1.29 is 13.2 Å². The van der Waals surface area contributed by atoms with Crippen LogP contribution < -0.4 is 10.0 Å². The quantitative estimate of drug-likeness (QED) is 0.644. The molecule has 2 N–H and O–H groups in total. The molecular formula is C21H20N2O3S2. The van der Waals surface area contributed by atoms with Crippen molar-refractivity contribution in [3.8, 4) is 0 Å². The highest BCUT2D eigenvalue weighted by Gasteiger charge is 2.28. The van der Waals surface area contributed by atoms with Crippen LogP contribution in [0.15, 0.2) is 64.9 Å². The number of fused-ring (bicyclic) bond motifs is 1. The fourth-order valence-corrected chi connectivity index (χ4v) is 5.75. The Bertz CT molecular complexity index is 1120. The summed E-state index contributed by atoms with van der Waals surface area (Å²) >= 11 is 1.13. The van der Waals surface area contributed by atoms with E-state index in [1.165, 1.54) is 17.2 Å². The van der Waals surface area contributed by atoms with Crippen molar-refractivity contribution in [1.29, 1.82) is 0 Å². The molecule has 0 bridgehead atoms. The molecular weight excluding hydrogens is 392 g/mol. The number of hydrogen-bond donors (Lipinski definition) is 2. The van der Waals surface area contributed by atoms with Crippen LogP contribution in [-0.4, -0.2) is 20.9 Å². The molecule has 0 aliphatic heterocycles. The van der Waals surface area contributed by atoms with Gasteiger partial charge in [-0.2, -0.15) is 0 Å². The molecule has 1 aliphatic rings. The van der Waals surface area contributed by atoms with E-state index in [2.05, 4.69) is 22.2 Å². The number of sulfonamides is 1. The van der Waals surface area contributed by atoms with E-state index in [-0.39, 0.29) is 21.6 Å². The van der Waals surface area contributed by atoms with Gasteiger partial charge in [0.05, 0.1) is 0 Å². The second-order valence-electron chi connectivity index (χ2n) is 6.90. The Morgan fingerprint density at radius 2 is 1.86 bits per heavy atom. The first-order valence-electron chi connectivity index (χ1n) is 8.97. The second-order valence-corrected chi connectivity index (χ2v) is 9.46. The highest BCUT2D eigenvalue weighted by Crippen LogP contribution is 2.34. The number of anilines is 1. The molecule has 5 nitrogen and oxygen atoms in total. The molecule has 1 atom stereocenters. The molecule has 28 heavy (non-hydrogen) atoms. The first kappa shape index (κ1) is 18.7. The maximum Gasteiger partial charge on any atom is 0.263 e. The van der Waals surface area contributed by atoms with Crippen LogP contribution in [0.5, 0.6) is 0 Å². The van der Waals surface area contributed by atoms with Gasteiger partial charge in [0.15, 0.2) is 0 Å². The SMILES string of the molecule is Cc1ccc(NS(=O)(=O)c2ccsc2C(=O)NCC2Cc3ccccc32)cc1. The lowest BCUT2D eigenvalue weighted by Gasteiger charge is -2.30. The maximum atomic E-state index is 12.8. The van der Waals surface area contributed by atoms with Crippen LogP contribution in [0.1, 0.15) is 32.3 Å². The van der Waals surface area contributed by atoms with Crippen molar-refractivity contribution in [3.63, 3.8) is 0 Å². The molecule has 1 unspecified atom stereocenters. The predicted molar refractivity (Wildman–Crippen MR) is 112 cm³/mol. The van der Waals surface area contributed by atoms with Gasteiger partial charge in [-0.3, -0.25) is 9.52 Å². The summed E-state index contributed by atoms with van der Waals surface area (Å²) in [7, 11) is -3.84. The minimum Gasteiger partial charge on any atom is -0.351 e. The number of carbonyl (C=O) groups is 1. The van der Waals surface area contributed by atoms with Gasteiger partial charge in [-0.15, -0.1) is 11.3 Å².